The van der Waals surface area contributed by atoms with E-state index < -0.39 is 5.60 Å². The lowest BCUT2D eigenvalue weighted by Crippen LogP contribution is -2.45. The van der Waals surface area contributed by atoms with Gasteiger partial charge in [-0.25, -0.2) is 18.0 Å². The first-order valence-electron chi connectivity index (χ1n) is 12.4. The van der Waals surface area contributed by atoms with E-state index in [-0.39, 0.29) is 29.3 Å². The van der Waals surface area contributed by atoms with Crippen LogP contribution in [0.3, 0.4) is 0 Å². The normalized spacial score (nSPS) is 17.4. The highest BCUT2D eigenvalue weighted by molar-refractivity contribution is 5.98. The summed E-state index contributed by atoms with van der Waals surface area (Å²) < 4.78 is 46.2. The number of likely N-dealkylation sites (tertiary alicyclic amines) is 1. The van der Waals surface area contributed by atoms with Crippen molar-refractivity contribution in [1.82, 2.24) is 4.90 Å². The van der Waals surface area contributed by atoms with Crippen molar-refractivity contribution in [2.75, 3.05) is 19.6 Å². The van der Waals surface area contributed by atoms with Gasteiger partial charge in [0.1, 0.15) is 23.1 Å². The summed E-state index contributed by atoms with van der Waals surface area (Å²) in [4.78, 5) is 14.5. The maximum absolute atomic E-state index is 13.5. The molecule has 1 spiro atoms. The summed E-state index contributed by atoms with van der Waals surface area (Å²) in [5, 5.41) is 0. The summed E-state index contributed by atoms with van der Waals surface area (Å²) in [6.07, 6.45) is 4.66. The molecule has 2 aliphatic heterocycles. The molecule has 0 aliphatic carbocycles. The molecule has 3 aromatic carbocycles. The lowest BCUT2D eigenvalue weighted by atomic mass is 9.81. The Bertz CT molecular complexity index is 1180. The summed E-state index contributed by atoms with van der Waals surface area (Å²) in [7, 11) is 0. The second kappa shape index (κ2) is 10.3. The summed E-state index contributed by atoms with van der Waals surface area (Å²) in [5.74, 6) is -1.16. The number of hydrogen-bond donors (Lipinski definition) is 0. The Labute approximate surface area is 209 Å². The average Bonchev–Trinajstić information content (AvgIpc) is 3.20. The summed E-state index contributed by atoms with van der Waals surface area (Å²) in [6, 6.07) is 19.2. The summed E-state index contributed by atoms with van der Waals surface area (Å²) >= 11 is 0. The van der Waals surface area contributed by atoms with Crippen molar-refractivity contribution in [2.45, 2.75) is 37.2 Å². The standard InChI is InChI=1S/C30H28F3NO2/c31-24-9-3-21(4-10-24)27(22-5-11-25(32)12-6-22)2-1-17-34-18-15-30(16-19-34)28(20-29(35)36-30)23-7-13-26(33)14-8-23/h3-14,20,27H,1-2,15-19H2. The van der Waals surface area contributed by atoms with Crippen molar-refractivity contribution in [2.24, 2.45) is 0 Å². The second-order valence-electron chi connectivity index (χ2n) is 9.62. The Balaban J connectivity index is 1.22. The van der Waals surface area contributed by atoms with Gasteiger partial charge in [-0.05, 0) is 72.5 Å². The molecule has 3 nitrogen and oxygen atoms in total. The van der Waals surface area contributed by atoms with Crippen LogP contribution in [0.2, 0.25) is 0 Å². The van der Waals surface area contributed by atoms with E-state index in [9.17, 15) is 18.0 Å². The number of esters is 1. The smallest absolute Gasteiger partial charge is 0.332 e. The van der Waals surface area contributed by atoms with Gasteiger partial charge in [-0.2, -0.15) is 0 Å². The van der Waals surface area contributed by atoms with Crippen molar-refractivity contribution in [3.05, 3.63) is 113 Å². The Kier molecular flexibility index (Phi) is 6.97. The molecule has 0 unspecified atom stereocenters. The number of halogens is 3. The first-order valence-corrected chi connectivity index (χ1v) is 12.4. The lowest BCUT2D eigenvalue weighted by molar-refractivity contribution is -0.148. The van der Waals surface area contributed by atoms with E-state index in [4.69, 9.17) is 4.74 Å². The third kappa shape index (κ3) is 5.24. The third-order valence-electron chi connectivity index (χ3n) is 7.38. The largest absolute Gasteiger partial charge is 0.451 e. The fourth-order valence-electron chi connectivity index (χ4n) is 5.45. The molecule has 2 heterocycles. The Hall–Kier alpha value is -3.38. The molecule has 2 aliphatic rings. The van der Waals surface area contributed by atoms with Gasteiger partial charge < -0.3 is 9.64 Å². The molecule has 186 valence electrons. The van der Waals surface area contributed by atoms with E-state index in [2.05, 4.69) is 4.90 Å². The number of ether oxygens (including phenoxy) is 1. The zero-order valence-electron chi connectivity index (χ0n) is 19.9. The predicted molar refractivity (Wildman–Crippen MR) is 133 cm³/mol. The first kappa shape index (κ1) is 24.3. The summed E-state index contributed by atoms with van der Waals surface area (Å²) in [5.41, 5.74) is 3.01. The van der Waals surface area contributed by atoms with E-state index in [1.807, 2.05) is 0 Å². The van der Waals surface area contributed by atoms with Crippen LogP contribution in [0.5, 0.6) is 0 Å². The number of piperidine rings is 1. The molecule has 0 radical (unpaired) electrons. The predicted octanol–water partition coefficient (Wildman–Crippen LogP) is 6.49. The Morgan fingerprint density at radius 3 is 1.81 bits per heavy atom. The zero-order valence-corrected chi connectivity index (χ0v) is 19.9. The quantitative estimate of drug-likeness (QED) is 0.354. The number of carbonyl (C=O) groups excluding carboxylic acids is 1. The van der Waals surface area contributed by atoms with Gasteiger partial charge in [0, 0.05) is 43.5 Å². The fourth-order valence-corrected chi connectivity index (χ4v) is 5.45. The van der Waals surface area contributed by atoms with Crippen LogP contribution < -0.4 is 0 Å². The van der Waals surface area contributed by atoms with E-state index in [0.29, 0.717) is 12.8 Å². The first-order chi connectivity index (χ1) is 17.4. The zero-order chi connectivity index (χ0) is 25.1. The Morgan fingerprint density at radius 1 is 0.778 bits per heavy atom. The maximum Gasteiger partial charge on any atom is 0.332 e. The van der Waals surface area contributed by atoms with Gasteiger partial charge in [-0.3, -0.25) is 0 Å². The lowest BCUT2D eigenvalue weighted by Gasteiger charge is -2.40. The topological polar surface area (TPSA) is 29.5 Å². The number of hydrogen-bond acceptors (Lipinski definition) is 3. The molecule has 0 amide bonds. The van der Waals surface area contributed by atoms with E-state index >= 15 is 0 Å². The van der Waals surface area contributed by atoms with Gasteiger partial charge in [0.2, 0.25) is 0 Å². The van der Waals surface area contributed by atoms with Crippen molar-refractivity contribution < 1.29 is 22.7 Å². The molecule has 3 aromatic rings. The fraction of sp³-hybridized carbons (Fsp3) is 0.300. The van der Waals surface area contributed by atoms with Gasteiger partial charge in [-0.1, -0.05) is 36.4 Å². The van der Waals surface area contributed by atoms with Crippen molar-refractivity contribution in [3.63, 3.8) is 0 Å². The van der Waals surface area contributed by atoms with Gasteiger partial charge in [0.25, 0.3) is 0 Å². The highest BCUT2D eigenvalue weighted by Gasteiger charge is 2.45. The minimum Gasteiger partial charge on any atom is -0.451 e. The minimum absolute atomic E-state index is 0.0473. The highest BCUT2D eigenvalue weighted by Crippen LogP contribution is 2.43. The van der Waals surface area contributed by atoms with Crippen LogP contribution in [0.1, 0.15) is 48.3 Å². The number of nitrogens with zero attached hydrogens (tertiary/aromatic N) is 1. The van der Waals surface area contributed by atoms with Crippen molar-refractivity contribution >= 4 is 11.5 Å². The maximum atomic E-state index is 13.5. The van der Waals surface area contributed by atoms with Crippen LogP contribution in [0.25, 0.3) is 5.57 Å². The van der Waals surface area contributed by atoms with Crippen LogP contribution in [-0.2, 0) is 9.53 Å². The summed E-state index contributed by atoms with van der Waals surface area (Å²) in [6.45, 7) is 2.44. The van der Waals surface area contributed by atoms with Crippen LogP contribution in [0.15, 0.2) is 78.9 Å². The minimum atomic E-state index is -0.657. The van der Waals surface area contributed by atoms with Crippen LogP contribution in [-0.4, -0.2) is 36.1 Å². The average molecular weight is 492 g/mol. The molecular weight excluding hydrogens is 463 g/mol. The van der Waals surface area contributed by atoms with Gasteiger partial charge in [0.05, 0.1) is 0 Å². The molecule has 1 fully saturated rings. The molecule has 0 atom stereocenters. The molecule has 0 saturated carbocycles. The van der Waals surface area contributed by atoms with E-state index in [0.717, 1.165) is 54.7 Å². The van der Waals surface area contributed by atoms with Gasteiger partial charge in [-0.15, -0.1) is 0 Å². The van der Waals surface area contributed by atoms with Gasteiger partial charge >= 0.3 is 5.97 Å². The molecule has 5 rings (SSSR count). The van der Waals surface area contributed by atoms with E-state index in [1.54, 1.807) is 42.5 Å². The number of carbonyl (C=O) groups is 1. The SMILES string of the molecule is O=C1C=C(c2ccc(F)cc2)C2(CCN(CCCC(c3ccc(F)cc3)c3ccc(F)cc3)CC2)O1. The molecule has 0 aromatic heterocycles. The van der Waals surface area contributed by atoms with Crippen molar-refractivity contribution in [3.8, 4) is 0 Å². The number of rotatable bonds is 7. The monoisotopic (exact) mass is 491 g/mol. The Morgan fingerprint density at radius 2 is 1.28 bits per heavy atom. The number of benzene rings is 3. The molecule has 6 heteroatoms. The van der Waals surface area contributed by atoms with E-state index in [1.165, 1.54) is 36.4 Å². The third-order valence-corrected chi connectivity index (χ3v) is 7.38. The second-order valence-corrected chi connectivity index (χ2v) is 9.62. The van der Waals surface area contributed by atoms with Crippen LogP contribution in [0, 0.1) is 17.5 Å². The molecule has 0 N–H and O–H groups in total. The molecule has 36 heavy (non-hydrogen) atoms. The van der Waals surface area contributed by atoms with Crippen LogP contribution >= 0.6 is 0 Å². The van der Waals surface area contributed by atoms with Crippen LogP contribution in [0.4, 0.5) is 13.2 Å². The molecule has 1 saturated heterocycles. The highest BCUT2D eigenvalue weighted by atomic mass is 19.1. The van der Waals surface area contributed by atoms with Crippen molar-refractivity contribution in [1.29, 1.82) is 0 Å². The molecular formula is C30H28F3NO2. The molecule has 0 bridgehead atoms. The van der Waals surface area contributed by atoms with Gasteiger partial charge in [0.15, 0.2) is 0 Å².